The van der Waals surface area contributed by atoms with Crippen molar-refractivity contribution in [2.24, 2.45) is 0 Å². The Bertz CT molecular complexity index is 727. The van der Waals surface area contributed by atoms with Gasteiger partial charge in [0.2, 0.25) is 5.91 Å². The van der Waals surface area contributed by atoms with Crippen molar-refractivity contribution in [3.05, 3.63) is 29.8 Å². The Morgan fingerprint density at radius 2 is 2.04 bits per heavy atom. The van der Waals surface area contributed by atoms with Crippen LogP contribution < -0.4 is 9.64 Å². The molecule has 1 saturated heterocycles. The van der Waals surface area contributed by atoms with Crippen LogP contribution in [0.4, 0.5) is 5.82 Å². The molecule has 3 rings (SSSR count). The molecule has 0 spiro atoms. The van der Waals surface area contributed by atoms with E-state index < -0.39 is 0 Å². The number of carbonyl (C=O) groups excluding carboxylic acids is 1. The van der Waals surface area contributed by atoms with Crippen LogP contribution in [-0.2, 0) is 4.79 Å². The molecule has 0 saturated carbocycles. The molecule has 2 aromatic rings. The van der Waals surface area contributed by atoms with Crippen LogP contribution >= 0.6 is 11.6 Å². The van der Waals surface area contributed by atoms with Crippen LogP contribution in [0, 0.1) is 6.92 Å². The SMILES string of the molecule is COc1cccc2c(C)cc(N3CCN(C(=O)CCl)CC3)nc12. The van der Waals surface area contributed by atoms with Gasteiger partial charge in [-0.1, -0.05) is 12.1 Å². The fourth-order valence-electron chi connectivity index (χ4n) is 2.97. The summed E-state index contributed by atoms with van der Waals surface area (Å²) in [5.41, 5.74) is 2.05. The Kier molecular flexibility index (Phi) is 4.57. The number of carbonyl (C=O) groups is 1. The summed E-state index contributed by atoms with van der Waals surface area (Å²) in [5, 5.41) is 1.10. The number of aryl methyl sites for hydroxylation is 1. The van der Waals surface area contributed by atoms with Crippen LogP contribution in [0.5, 0.6) is 5.75 Å². The summed E-state index contributed by atoms with van der Waals surface area (Å²) in [6.07, 6.45) is 0. The maximum atomic E-state index is 11.7. The molecular weight excluding hydrogens is 314 g/mol. The number of fused-ring (bicyclic) bond motifs is 1. The number of benzene rings is 1. The molecule has 1 amide bonds. The second-order valence-corrected chi connectivity index (χ2v) is 5.92. The van der Waals surface area contributed by atoms with E-state index in [1.165, 1.54) is 5.56 Å². The molecule has 0 atom stereocenters. The first-order valence-corrected chi connectivity index (χ1v) is 8.20. The van der Waals surface area contributed by atoms with Crippen molar-refractivity contribution in [3.63, 3.8) is 0 Å². The van der Waals surface area contributed by atoms with E-state index in [1.54, 1.807) is 12.0 Å². The highest BCUT2D eigenvalue weighted by Gasteiger charge is 2.22. The molecule has 0 radical (unpaired) electrons. The lowest BCUT2D eigenvalue weighted by Crippen LogP contribution is -2.49. The second-order valence-electron chi connectivity index (χ2n) is 5.66. The van der Waals surface area contributed by atoms with Crippen molar-refractivity contribution < 1.29 is 9.53 Å². The zero-order valence-electron chi connectivity index (χ0n) is 13.4. The quantitative estimate of drug-likeness (QED) is 0.809. The molecule has 23 heavy (non-hydrogen) atoms. The number of alkyl halides is 1. The molecule has 1 aromatic heterocycles. The summed E-state index contributed by atoms with van der Waals surface area (Å²) >= 11 is 5.63. The Morgan fingerprint density at radius 1 is 1.30 bits per heavy atom. The highest BCUT2D eigenvalue weighted by Crippen LogP contribution is 2.29. The second kappa shape index (κ2) is 6.62. The van der Waals surface area contributed by atoms with Crippen molar-refractivity contribution in [1.82, 2.24) is 9.88 Å². The van der Waals surface area contributed by atoms with Crippen LogP contribution in [0.25, 0.3) is 10.9 Å². The third kappa shape index (κ3) is 3.06. The molecule has 6 heteroatoms. The third-order valence-corrected chi connectivity index (χ3v) is 4.52. The average molecular weight is 334 g/mol. The molecule has 1 aliphatic rings. The Labute approximate surface area is 140 Å². The number of anilines is 1. The Hall–Kier alpha value is -2.01. The number of para-hydroxylation sites is 1. The predicted molar refractivity (Wildman–Crippen MR) is 92.5 cm³/mol. The van der Waals surface area contributed by atoms with Crippen molar-refractivity contribution in [3.8, 4) is 5.75 Å². The van der Waals surface area contributed by atoms with E-state index in [9.17, 15) is 4.79 Å². The lowest BCUT2D eigenvalue weighted by atomic mass is 10.1. The minimum absolute atomic E-state index is 0.00404. The van der Waals surface area contributed by atoms with E-state index in [2.05, 4.69) is 24.0 Å². The van der Waals surface area contributed by atoms with Gasteiger partial charge in [-0.2, -0.15) is 0 Å². The summed E-state index contributed by atoms with van der Waals surface area (Å²) in [5.74, 6) is 1.75. The number of hydrogen-bond donors (Lipinski definition) is 0. The van der Waals surface area contributed by atoms with Crippen LogP contribution in [0.1, 0.15) is 5.56 Å². The molecule has 5 nitrogen and oxygen atoms in total. The summed E-state index contributed by atoms with van der Waals surface area (Å²) in [4.78, 5) is 20.5. The van der Waals surface area contributed by atoms with Crippen molar-refractivity contribution in [1.29, 1.82) is 0 Å². The molecule has 0 N–H and O–H groups in total. The van der Waals surface area contributed by atoms with Crippen molar-refractivity contribution in [2.45, 2.75) is 6.92 Å². The number of piperazine rings is 1. The van der Waals surface area contributed by atoms with Gasteiger partial charge in [0.1, 0.15) is 23.0 Å². The standard InChI is InChI=1S/C17H20ClN3O2/c1-12-10-15(19-17-13(12)4-3-5-14(17)23-2)20-6-8-21(9-7-20)16(22)11-18/h3-5,10H,6-9,11H2,1-2H3. The fraction of sp³-hybridized carbons (Fsp3) is 0.412. The van der Waals surface area contributed by atoms with E-state index in [-0.39, 0.29) is 11.8 Å². The normalized spacial score (nSPS) is 15.1. The van der Waals surface area contributed by atoms with Gasteiger partial charge < -0.3 is 14.5 Å². The molecular formula is C17H20ClN3O2. The summed E-state index contributed by atoms with van der Waals surface area (Å²) in [6.45, 7) is 4.96. The maximum Gasteiger partial charge on any atom is 0.237 e. The Balaban J connectivity index is 1.88. The minimum atomic E-state index is -0.00404. The van der Waals surface area contributed by atoms with Crippen molar-refractivity contribution in [2.75, 3.05) is 44.1 Å². The highest BCUT2D eigenvalue weighted by molar-refractivity contribution is 6.27. The molecule has 1 aliphatic heterocycles. The Morgan fingerprint density at radius 3 is 2.70 bits per heavy atom. The van der Waals surface area contributed by atoms with Crippen LogP contribution in [0.3, 0.4) is 0 Å². The van der Waals surface area contributed by atoms with Gasteiger partial charge in [-0.15, -0.1) is 11.6 Å². The van der Waals surface area contributed by atoms with Crippen LogP contribution in [0.15, 0.2) is 24.3 Å². The van der Waals surface area contributed by atoms with Gasteiger partial charge >= 0.3 is 0 Å². The number of ether oxygens (including phenoxy) is 1. The van der Waals surface area contributed by atoms with Gasteiger partial charge in [-0.05, 0) is 24.6 Å². The zero-order valence-corrected chi connectivity index (χ0v) is 14.1. The van der Waals surface area contributed by atoms with Crippen molar-refractivity contribution >= 4 is 34.2 Å². The molecule has 122 valence electrons. The van der Waals surface area contributed by atoms with Gasteiger partial charge in [-0.25, -0.2) is 4.98 Å². The van der Waals surface area contributed by atoms with E-state index >= 15 is 0 Å². The molecule has 0 bridgehead atoms. The van der Waals surface area contributed by atoms with E-state index in [1.807, 2.05) is 12.1 Å². The molecule has 0 unspecified atom stereocenters. The lowest BCUT2D eigenvalue weighted by molar-refractivity contribution is -0.128. The van der Waals surface area contributed by atoms with Gasteiger partial charge in [0.05, 0.1) is 7.11 Å². The number of hydrogen-bond acceptors (Lipinski definition) is 4. The number of methoxy groups -OCH3 is 1. The first kappa shape index (κ1) is 15.9. The van der Waals surface area contributed by atoms with E-state index in [0.29, 0.717) is 13.1 Å². The van der Waals surface area contributed by atoms with Gasteiger partial charge in [0, 0.05) is 31.6 Å². The smallest absolute Gasteiger partial charge is 0.237 e. The molecule has 1 fully saturated rings. The van der Waals surface area contributed by atoms with Gasteiger partial charge in [0.25, 0.3) is 0 Å². The fourth-order valence-corrected chi connectivity index (χ4v) is 3.14. The number of aromatic nitrogens is 1. The number of halogens is 1. The monoisotopic (exact) mass is 333 g/mol. The average Bonchev–Trinajstić information content (AvgIpc) is 2.60. The lowest BCUT2D eigenvalue weighted by Gasteiger charge is -2.35. The van der Waals surface area contributed by atoms with Crippen LogP contribution in [0.2, 0.25) is 0 Å². The topological polar surface area (TPSA) is 45.7 Å². The van der Waals surface area contributed by atoms with Gasteiger partial charge in [0.15, 0.2) is 0 Å². The number of amides is 1. The first-order valence-electron chi connectivity index (χ1n) is 7.67. The van der Waals surface area contributed by atoms with Crippen LogP contribution in [-0.4, -0.2) is 55.0 Å². The zero-order chi connectivity index (χ0) is 16.4. The van der Waals surface area contributed by atoms with E-state index in [0.717, 1.165) is 35.6 Å². The van der Waals surface area contributed by atoms with E-state index in [4.69, 9.17) is 21.3 Å². The summed E-state index contributed by atoms with van der Waals surface area (Å²) in [6, 6.07) is 8.06. The predicted octanol–water partition coefficient (Wildman–Crippen LogP) is 2.44. The summed E-state index contributed by atoms with van der Waals surface area (Å²) in [7, 11) is 1.66. The summed E-state index contributed by atoms with van der Waals surface area (Å²) < 4.78 is 5.44. The minimum Gasteiger partial charge on any atom is -0.494 e. The molecule has 1 aromatic carbocycles. The number of rotatable bonds is 3. The third-order valence-electron chi connectivity index (χ3n) is 4.29. The number of nitrogens with zero attached hydrogens (tertiary/aromatic N) is 3. The highest BCUT2D eigenvalue weighted by atomic mass is 35.5. The first-order chi connectivity index (χ1) is 11.1. The number of pyridine rings is 1. The largest absolute Gasteiger partial charge is 0.494 e. The maximum absolute atomic E-state index is 11.7. The molecule has 0 aliphatic carbocycles. The van der Waals surface area contributed by atoms with Gasteiger partial charge in [-0.3, -0.25) is 4.79 Å². The molecule has 2 heterocycles.